The Kier molecular flexibility index (Phi) is 8.18. The molecule has 4 aromatic rings. The van der Waals surface area contributed by atoms with Gasteiger partial charge in [0.05, 0.1) is 18.2 Å². The molecule has 3 aromatic carbocycles. The molecular weight excluding hydrogens is 527 g/mol. The maximum absolute atomic E-state index is 15.4. The van der Waals surface area contributed by atoms with Crippen molar-refractivity contribution in [2.75, 3.05) is 36.1 Å². The number of rotatable bonds is 5. The third-order valence-corrected chi connectivity index (χ3v) is 7.53. The number of hydrogen-bond acceptors (Lipinski definition) is 8. The second-order valence-corrected chi connectivity index (χ2v) is 10.8. The third-order valence-electron chi connectivity index (χ3n) is 6.69. The topological polar surface area (TPSA) is 100 Å². The Labute approximate surface area is 237 Å². The Morgan fingerprint density at radius 2 is 1.93 bits per heavy atom. The van der Waals surface area contributed by atoms with Gasteiger partial charge in [0.25, 0.3) is 0 Å². The fraction of sp³-hybridized carbons (Fsp3) is 0.233. The van der Waals surface area contributed by atoms with Gasteiger partial charge in [0, 0.05) is 41.0 Å². The Morgan fingerprint density at radius 1 is 1.07 bits per heavy atom. The molecule has 0 radical (unpaired) electrons. The minimum Gasteiger partial charge on any atom is -0.496 e. The van der Waals surface area contributed by atoms with Gasteiger partial charge in [-0.15, -0.1) is 0 Å². The van der Waals surface area contributed by atoms with Crippen molar-refractivity contribution in [3.05, 3.63) is 84.3 Å². The number of carbonyl (C=O) groups excluding carboxylic acids is 1. The molecule has 0 atom stereocenters. The maximum Gasteiger partial charge on any atom is 0.234 e. The minimum absolute atomic E-state index is 0.0901. The highest BCUT2D eigenvalue weighted by atomic mass is 32.2. The van der Waals surface area contributed by atoms with Crippen LogP contribution in [-0.2, 0) is 10.2 Å². The lowest BCUT2D eigenvalue weighted by atomic mass is 9.83. The summed E-state index contributed by atoms with van der Waals surface area (Å²) in [7, 11) is 1.56. The first-order chi connectivity index (χ1) is 19.3. The molecule has 1 aliphatic rings. The van der Waals surface area contributed by atoms with Crippen LogP contribution in [0.3, 0.4) is 0 Å². The van der Waals surface area contributed by atoms with Crippen LogP contribution >= 0.6 is 11.9 Å². The lowest BCUT2D eigenvalue weighted by molar-refractivity contribution is -0.120. The highest BCUT2D eigenvalue weighted by Gasteiger charge is 2.33. The van der Waals surface area contributed by atoms with Gasteiger partial charge in [-0.1, -0.05) is 30.3 Å². The quantitative estimate of drug-likeness (QED) is 0.210. The Balaban J connectivity index is 1.40. The number of nitrogens with one attached hydrogen (secondary N) is 4. The van der Waals surface area contributed by atoms with E-state index in [4.69, 9.17) is 4.74 Å². The SMILES string of the molecule is COc1ccccc1C(C)(C)C(=O)Nc1ccc(-c2cnc3nc2NCCCNSc2cccc(c2)N3)cc1F. The van der Waals surface area contributed by atoms with Crippen LogP contribution in [0.15, 0.2) is 77.8 Å². The summed E-state index contributed by atoms with van der Waals surface area (Å²) in [5.41, 5.74) is 1.96. The van der Waals surface area contributed by atoms with Crippen molar-refractivity contribution in [3.63, 3.8) is 0 Å². The van der Waals surface area contributed by atoms with Crippen molar-refractivity contribution in [1.82, 2.24) is 14.7 Å². The first-order valence-electron chi connectivity index (χ1n) is 13.0. The standard InChI is InChI=1S/C30H31FN6O2S/c1-30(2,23-10-4-5-11-26(23)39-3)28(38)36-25-13-12-19(16-24(25)31)22-18-33-29-35-20-8-6-9-21(17-20)40-34-15-7-14-32-27(22)37-29/h4-6,8-13,16-18,34H,7,14-15H2,1-3H3,(H,36,38)(H2,32,33,35,37). The molecule has 1 aromatic heterocycles. The maximum atomic E-state index is 15.4. The largest absolute Gasteiger partial charge is 0.496 e. The molecule has 5 rings (SSSR count). The van der Waals surface area contributed by atoms with Crippen LogP contribution in [0.25, 0.3) is 11.1 Å². The average molecular weight is 559 g/mol. The summed E-state index contributed by atoms with van der Waals surface area (Å²) in [6, 6.07) is 20.0. The number of para-hydroxylation sites is 1. The van der Waals surface area contributed by atoms with Gasteiger partial charge in [0.2, 0.25) is 11.9 Å². The van der Waals surface area contributed by atoms with Gasteiger partial charge in [0.15, 0.2) is 0 Å². The van der Waals surface area contributed by atoms with Crippen molar-refractivity contribution in [3.8, 4) is 16.9 Å². The molecule has 206 valence electrons. The van der Waals surface area contributed by atoms with E-state index in [0.29, 0.717) is 40.8 Å². The molecule has 0 saturated heterocycles. The van der Waals surface area contributed by atoms with E-state index >= 15 is 4.39 Å². The lowest BCUT2D eigenvalue weighted by Gasteiger charge is -2.26. The van der Waals surface area contributed by atoms with Crippen molar-refractivity contribution in [1.29, 1.82) is 0 Å². The first kappa shape index (κ1) is 27.4. The second kappa shape index (κ2) is 11.9. The highest BCUT2D eigenvalue weighted by Crippen LogP contribution is 2.34. The number of amides is 1. The number of aromatic nitrogens is 2. The number of anilines is 4. The summed E-state index contributed by atoms with van der Waals surface area (Å²) in [6.45, 7) is 5.03. The van der Waals surface area contributed by atoms with E-state index in [2.05, 4.69) is 30.6 Å². The number of hydrogen-bond donors (Lipinski definition) is 4. The van der Waals surface area contributed by atoms with E-state index in [0.717, 1.165) is 23.5 Å². The van der Waals surface area contributed by atoms with Crippen LogP contribution < -0.4 is 25.4 Å². The second-order valence-electron chi connectivity index (χ2n) is 9.86. The molecule has 0 aliphatic carbocycles. The predicted molar refractivity (Wildman–Crippen MR) is 159 cm³/mol. The summed E-state index contributed by atoms with van der Waals surface area (Å²) < 4.78 is 24.2. The van der Waals surface area contributed by atoms with Crippen LogP contribution in [0, 0.1) is 5.82 Å². The molecule has 10 heteroatoms. The number of methoxy groups -OCH3 is 1. The van der Waals surface area contributed by atoms with Crippen LogP contribution in [0.1, 0.15) is 25.8 Å². The molecule has 2 heterocycles. The number of benzene rings is 3. The van der Waals surface area contributed by atoms with Crippen LogP contribution in [0.5, 0.6) is 5.75 Å². The molecule has 0 fully saturated rings. The van der Waals surface area contributed by atoms with Gasteiger partial charge in [-0.05, 0) is 74.2 Å². The summed E-state index contributed by atoms with van der Waals surface area (Å²) in [5, 5.41) is 9.36. The van der Waals surface area contributed by atoms with E-state index in [1.54, 1.807) is 57.3 Å². The Bertz CT molecular complexity index is 1530. The average Bonchev–Trinajstić information content (AvgIpc) is 2.96. The minimum atomic E-state index is -0.959. The molecule has 0 spiro atoms. The van der Waals surface area contributed by atoms with Crippen LogP contribution in [-0.4, -0.2) is 36.1 Å². The number of nitrogens with zero attached hydrogens (tertiary/aromatic N) is 2. The summed E-state index contributed by atoms with van der Waals surface area (Å²) in [5.74, 6) is 0.717. The van der Waals surface area contributed by atoms with Gasteiger partial charge in [-0.2, -0.15) is 4.98 Å². The molecule has 0 unspecified atom stereocenters. The Hall–Kier alpha value is -4.15. The van der Waals surface area contributed by atoms with Crippen molar-refractivity contribution < 1.29 is 13.9 Å². The van der Waals surface area contributed by atoms with E-state index in [1.165, 1.54) is 6.07 Å². The number of fused-ring (bicyclic) bond motifs is 4. The predicted octanol–water partition coefficient (Wildman–Crippen LogP) is 6.36. The molecule has 0 saturated carbocycles. The van der Waals surface area contributed by atoms with Crippen LogP contribution in [0.2, 0.25) is 0 Å². The van der Waals surface area contributed by atoms with Gasteiger partial charge in [-0.25, -0.2) is 9.37 Å². The fourth-order valence-electron chi connectivity index (χ4n) is 4.40. The van der Waals surface area contributed by atoms with Gasteiger partial charge < -0.3 is 20.7 Å². The highest BCUT2D eigenvalue weighted by molar-refractivity contribution is 7.97. The molecule has 4 N–H and O–H groups in total. The molecule has 4 bridgehead atoms. The molecule has 1 amide bonds. The van der Waals surface area contributed by atoms with E-state index in [9.17, 15) is 4.79 Å². The van der Waals surface area contributed by atoms with Crippen molar-refractivity contribution in [2.24, 2.45) is 0 Å². The van der Waals surface area contributed by atoms with Crippen molar-refractivity contribution in [2.45, 2.75) is 30.6 Å². The van der Waals surface area contributed by atoms with Gasteiger partial charge >= 0.3 is 0 Å². The van der Waals surface area contributed by atoms with Gasteiger partial charge in [0.1, 0.15) is 17.4 Å². The molecule has 8 nitrogen and oxygen atoms in total. The van der Waals surface area contributed by atoms with Crippen molar-refractivity contribution >= 4 is 41.0 Å². The number of halogens is 1. The van der Waals surface area contributed by atoms with Gasteiger partial charge in [-0.3, -0.25) is 9.52 Å². The summed E-state index contributed by atoms with van der Waals surface area (Å²) >= 11 is 1.58. The zero-order valence-electron chi connectivity index (χ0n) is 22.5. The first-order valence-corrected chi connectivity index (χ1v) is 13.8. The van der Waals surface area contributed by atoms with E-state index in [-0.39, 0.29) is 11.6 Å². The monoisotopic (exact) mass is 558 g/mol. The zero-order chi connectivity index (χ0) is 28.1. The third kappa shape index (κ3) is 6.03. The zero-order valence-corrected chi connectivity index (χ0v) is 23.4. The smallest absolute Gasteiger partial charge is 0.234 e. The van der Waals surface area contributed by atoms with E-state index in [1.807, 2.05) is 42.5 Å². The number of carbonyl (C=O) groups is 1. The molecule has 40 heavy (non-hydrogen) atoms. The summed E-state index contributed by atoms with van der Waals surface area (Å²) in [6.07, 6.45) is 2.53. The summed E-state index contributed by atoms with van der Waals surface area (Å²) in [4.78, 5) is 23.5. The fourth-order valence-corrected chi connectivity index (χ4v) is 5.15. The number of ether oxygens (including phenoxy) is 1. The Morgan fingerprint density at radius 3 is 2.75 bits per heavy atom. The normalized spacial score (nSPS) is 13.5. The van der Waals surface area contributed by atoms with E-state index < -0.39 is 11.2 Å². The van der Waals surface area contributed by atoms with Crippen LogP contribution in [0.4, 0.5) is 27.5 Å². The molecule has 1 aliphatic heterocycles. The molecular formula is C30H31FN6O2S. The lowest BCUT2D eigenvalue weighted by Crippen LogP contribution is -2.35.